The molecule has 0 amide bonds. The Hall–Kier alpha value is -0.480. The molecule has 0 aromatic rings. The summed E-state index contributed by atoms with van der Waals surface area (Å²) in [7, 11) is 0. The van der Waals surface area contributed by atoms with Gasteiger partial charge in [0.25, 0.3) is 0 Å². The molecule has 0 spiro atoms. The van der Waals surface area contributed by atoms with Gasteiger partial charge >= 0.3 is 0 Å². The second kappa shape index (κ2) is 2.01. The van der Waals surface area contributed by atoms with Crippen LogP contribution in [0.5, 0.6) is 0 Å². The molecule has 1 aliphatic carbocycles. The number of nitrogens with zero attached hydrogens (tertiary/aromatic N) is 2. The predicted octanol–water partition coefficient (Wildman–Crippen LogP) is 0.930. The van der Waals surface area contributed by atoms with Crippen LogP contribution >= 0.6 is 0 Å². The molecular formula is C7H10N2O2. The topological polar surface area (TPSA) is 43.2 Å². The van der Waals surface area contributed by atoms with Gasteiger partial charge < -0.3 is 0 Å². The lowest BCUT2D eigenvalue weighted by molar-refractivity contribution is -0.410. The zero-order chi connectivity index (χ0) is 7.26. The predicted molar refractivity (Wildman–Crippen MR) is 36.0 cm³/mol. The molecule has 1 saturated carbocycles. The summed E-state index contributed by atoms with van der Waals surface area (Å²) in [6.45, 7) is 0.842. The van der Waals surface area contributed by atoms with E-state index in [2.05, 4.69) is 10.2 Å². The van der Waals surface area contributed by atoms with Crippen LogP contribution in [0.2, 0.25) is 0 Å². The molecule has 3 heterocycles. The molecule has 0 aromatic heterocycles. The fourth-order valence-corrected chi connectivity index (χ4v) is 2.20. The van der Waals surface area contributed by atoms with Gasteiger partial charge in [-0.2, -0.15) is 10.2 Å². The fraction of sp³-hybridized carbons (Fsp3) is 1.00. The van der Waals surface area contributed by atoms with E-state index < -0.39 is 0 Å². The fourth-order valence-electron chi connectivity index (χ4n) is 2.20. The molecule has 11 heavy (non-hydrogen) atoms. The summed E-state index contributed by atoms with van der Waals surface area (Å²) in [4.78, 5) is 10.3. The lowest BCUT2D eigenvalue weighted by Gasteiger charge is -2.41. The van der Waals surface area contributed by atoms with Gasteiger partial charge in [0.1, 0.15) is 12.1 Å². The number of rotatable bonds is 0. The Balaban J connectivity index is 1.93. The highest BCUT2D eigenvalue weighted by atomic mass is 17.2. The summed E-state index contributed by atoms with van der Waals surface area (Å²) < 4.78 is 0. The molecule has 4 heteroatoms. The van der Waals surface area contributed by atoms with Gasteiger partial charge in [-0.3, -0.25) is 0 Å². The minimum absolute atomic E-state index is 0.191. The maximum absolute atomic E-state index is 5.17. The van der Waals surface area contributed by atoms with Crippen LogP contribution in [0.25, 0.3) is 0 Å². The Labute approximate surface area is 64.5 Å². The van der Waals surface area contributed by atoms with Crippen LogP contribution in [0.15, 0.2) is 10.2 Å². The van der Waals surface area contributed by atoms with Crippen molar-refractivity contribution in [3.8, 4) is 0 Å². The van der Waals surface area contributed by atoms with Crippen LogP contribution in [0.4, 0.5) is 0 Å². The molecular weight excluding hydrogens is 144 g/mol. The zero-order valence-electron chi connectivity index (χ0n) is 6.14. The molecule has 2 saturated heterocycles. The van der Waals surface area contributed by atoms with Gasteiger partial charge in [0.2, 0.25) is 0 Å². The van der Waals surface area contributed by atoms with Crippen molar-refractivity contribution < 1.29 is 9.78 Å². The molecule has 60 valence electrons. The first-order valence-electron chi connectivity index (χ1n) is 4.14. The highest BCUT2D eigenvalue weighted by Gasteiger charge is 2.48. The van der Waals surface area contributed by atoms with Gasteiger partial charge in [0, 0.05) is 5.92 Å². The molecule has 0 aromatic carbocycles. The van der Waals surface area contributed by atoms with Crippen molar-refractivity contribution in [3.05, 3.63) is 0 Å². The van der Waals surface area contributed by atoms with Gasteiger partial charge in [-0.05, 0) is 12.8 Å². The largest absolute Gasteiger partial charge is 0.233 e. The summed E-state index contributed by atoms with van der Waals surface area (Å²) in [5.41, 5.74) is 0. The third-order valence-electron chi connectivity index (χ3n) is 2.84. The molecule has 4 atom stereocenters. The van der Waals surface area contributed by atoms with E-state index in [0.29, 0.717) is 12.0 Å². The van der Waals surface area contributed by atoms with E-state index >= 15 is 0 Å². The average Bonchev–Trinajstić information content (AvgIpc) is 2.55. The van der Waals surface area contributed by atoms with E-state index in [0.717, 1.165) is 19.4 Å². The van der Waals surface area contributed by atoms with E-state index in [-0.39, 0.29) is 12.2 Å². The monoisotopic (exact) mass is 154 g/mol. The van der Waals surface area contributed by atoms with Crippen molar-refractivity contribution >= 4 is 0 Å². The van der Waals surface area contributed by atoms with E-state index in [9.17, 15) is 0 Å². The smallest absolute Gasteiger partial charge is 0.118 e. The summed E-state index contributed by atoms with van der Waals surface area (Å²) >= 11 is 0. The number of hydrogen-bond donors (Lipinski definition) is 0. The number of fused-ring (bicyclic) bond motifs is 2. The summed E-state index contributed by atoms with van der Waals surface area (Å²) in [5, 5.41) is 8.19. The molecule has 4 rings (SSSR count). The second-order valence-electron chi connectivity index (χ2n) is 3.44. The average molecular weight is 154 g/mol. The Morgan fingerprint density at radius 3 is 2.64 bits per heavy atom. The molecule has 0 radical (unpaired) electrons. The van der Waals surface area contributed by atoms with E-state index in [4.69, 9.17) is 9.78 Å². The van der Waals surface area contributed by atoms with Gasteiger partial charge in [0.15, 0.2) is 0 Å². The SMILES string of the molecule is C1N=N[C@H]2[C@@H]1[C@@H]1CC[C@H]2OO1. The zero-order valence-corrected chi connectivity index (χ0v) is 6.14. The lowest BCUT2D eigenvalue weighted by Crippen LogP contribution is -2.51. The van der Waals surface area contributed by atoms with Crippen molar-refractivity contribution in [2.75, 3.05) is 6.54 Å². The molecule has 3 fully saturated rings. The Kier molecular flexibility index (Phi) is 1.11. The molecule has 4 nitrogen and oxygen atoms in total. The summed E-state index contributed by atoms with van der Waals surface area (Å²) in [5.74, 6) is 0.516. The van der Waals surface area contributed by atoms with Crippen LogP contribution in [0, 0.1) is 5.92 Å². The van der Waals surface area contributed by atoms with Gasteiger partial charge in [-0.1, -0.05) is 0 Å². The first kappa shape index (κ1) is 6.08. The van der Waals surface area contributed by atoms with Crippen LogP contribution in [-0.4, -0.2) is 24.8 Å². The first-order valence-corrected chi connectivity index (χ1v) is 4.14. The van der Waals surface area contributed by atoms with Crippen LogP contribution in [0.1, 0.15) is 12.8 Å². The quantitative estimate of drug-likeness (QED) is 0.487. The molecule has 0 unspecified atom stereocenters. The maximum Gasteiger partial charge on any atom is 0.118 e. The standard InChI is InChI=1S/C7H10N2O2/c1-2-6-7-4(3-8-9-7)5(1)10-11-6/h4-7H,1-3H2/t4-,5-,6+,7-/m0/s1. The van der Waals surface area contributed by atoms with E-state index in [1.165, 1.54) is 0 Å². The minimum Gasteiger partial charge on any atom is -0.233 e. The van der Waals surface area contributed by atoms with Crippen molar-refractivity contribution in [1.29, 1.82) is 0 Å². The molecule has 3 aliphatic heterocycles. The second-order valence-corrected chi connectivity index (χ2v) is 3.44. The number of hydrogen-bond acceptors (Lipinski definition) is 4. The summed E-state index contributed by atoms with van der Waals surface area (Å²) in [6.07, 6.45) is 2.66. The van der Waals surface area contributed by atoms with Crippen molar-refractivity contribution in [2.24, 2.45) is 16.1 Å². The third kappa shape index (κ3) is 0.711. The van der Waals surface area contributed by atoms with Crippen LogP contribution < -0.4 is 0 Å². The van der Waals surface area contributed by atoms with E-state index in [1.54, 1.807) is 0 Å². The third-order valence-corrected chi connectivity index (χ3v) is 2.84. The minimum atomic E-state index is 0.191. The van der Waals surface area contributed by atoms with Gasteiger partial charge in [0.05, 0.1) is 12.6 Å². The van der Waals surface area contributed by atoms with Crippen molar-refractivity contribution in [2.45, 2.75) is 31.1 Å². The molecule has 4 aliphatic rings. The molecule has 0 N–H and O–H groups in total. The normalized spacial score (nSPS) is 53.1. The Morgan fingerprint density at radius 1 is 1.09 bits per heavy atom. The lowest BCUT2D eigenvalue weighted by atomic mass is 9.81. The number of azo groups is 1. The maximum atomic E-state index is 5.17. The Morgan fingerprint density at radius 2 is 1.91 bits per heavy atom. The Bertz CT molecular complexity index is 199. The van der Waals surface area contributed by atoms with Crippen molar-refractivity contribution in [1.82, 2.24) is 0 Å². The van der Waals surface area contributed by atoms with E-state index in [1.807, 2.05) is 0 Å². The van der Waals surface area contributed by atoms with Crippen LogP contribution in [-0.2, 0) is 9.78 Å². The highest BCUT2D eigenvalue weighted by molar-refractivity contribution is 4.98. The summed E-state index contributed by atoms with van der Waals surface area (Å²) in [6, 6.07) is 0.308. The van der Waals surface area contributed by atoms with Crippen molar-refractivity contribution in [3.63, 3.8) is 0 Å². The highest BCUT2D eigenvalue weighted by Crippen LogP contribution is 2.39. The van der Waals surface area contributed by atoms with Gasteiger partial charge in [-0.25, -0.2) is 9.78 Å². The van der Waals surface area contributed by atoms with Crippen LogP contribution in [0.3, 0.4) is 0 Å². The van der Waals surface area contributed by atoms with Gasteiger partial charge in [-0.15, -0.1) is 0 Å². The first-order chi connectivity index (χ1) is 5.45. The molecule has 2 bridgehead atoms.